The van der Waals surface area contributed by atoms with E-state index in [4.69, 9.17) is 4.99 Å². The molecule has 5 nitrogen and oxygen atoms in total. The van der Waals surface area contributed by atoms with E-state index in [1.165, 1.54) is 35.3 Å². The first-order valence-corrected chi connectivity index (χ1v) is 9.53. The lowest BCUT2D eigenvalue weighted by Gasteiger charge is -2.40. The minimum atomic E-state index is 0.318. The average molecular weight is 348 g/mol. The third-order valence-corrected chi connectivity index (χ3v) is 5.77. The molecule has 0 amide bonds. The summed E-state index contributed by atoms with van der Waals surface area (Å²) in [5.41, 5.74) is 5.30. The lowest BCUT2D eigenvalue weighted by atomic mass is 9.86. The van der Waals surface area contributed by atoms with E-state index >= 15 is 0 Å². The largest absolute Gasteiger partial charge is 0.508 e. The highest BCUT2D eigenvalue weighted by Gasteiger charge is 2.30. The summed E-state index contributed by atoms with van der Waals surface area (Å²) in [6.07, 6.45) is 3.56. The fourth-order valence-electron chi connectivity index (χ4n) is 4.39. The molecule has 1 atom stereocenters. The van der Waals surface area contributed by atoms with Gasteiger partial charge in [0, 0.05) is 43.1 Å². The molecular formula is C21H24N4O. The predicted molar refractivity (Wildman–Crippen MR) is 105 cm³/mol. The van der Waals surface area contributed by atoms with E-state index in [1.54, 1.807) is 12.1 Å². The fourth-order valence-corrected chi connectivity index (χ4v) is 4.39. The van der Waals surface area contributed by atoms with Crippen molar-refractivity contribution in [2.24, 2.45) is 4.99 Å². The topological polar surface area (TPSA) is 51.1 Å². The van der Waals surface area contributed by atoms with Crippen molar-refractivity contribution in [3.63, 3.8) is 0 Å². The molecule has 2 heterocycles. The van der Waals surface area contributed by atoms with Crippen LogP contribution in [-0.2, 0) is 6.42 Å². The van der Waals surface area contributed by atoms with Crippen LogP contribution in [0, 0.1) is 0 Å². The Morgan fingerprint density at radius 2 is 1.73 bits per heavy atom. The van der Waals surface area contributed by atoms with E-state index in [-0.39, 0.29) is 0 Å². The quantitative estimate of drug-likeness (QED) is 0.830. The number of phenolic OH excluding ortho intramolecular Hbond substituents is 1. The third-order valence-electron chi connectivity index (χ3n) is 5.77. The Balaban J connectivity index is 1.32. The molecule has 2 aliphatic heterocycles. The van der Waals surface area contributed by atoms with Crippen LogP contribution in [-0.4, -0.2) is 42.1 Å². The number of piperazine rings is 1. The van der Waals surface area contributed by atoms with Crippen molar-refractivity contribution in [3.05, 3.63) is 53.6 Å². The maximum absolute atomic E-state index is 9.47. The SMILES string of the molecule is Oc1ccc(N2CCN(C3=NC4CCCc5cccc(c54)N3)CC2)cc1. The number of hydrogen-bond acceptors (Lipinski definition) is 5. The van der Waals surface area contributed by atoms with Gasteiger partial charge < -0.3 is 20.2 Å². The Kier molecular flexibility index (Phi) is 3.73. The Bertz CT molecular complexity index is 838. The maximum Gasteiger partial charge on any atom is 0.199 e. The number of anilines is 2. The van der Waals surface area contributed by atoms with Gasteiger partial charge >= 0.3 is 0 Å². The molecule has 1 aliphatic carbocycles. The van der Waals surface area contributed by atoms with Crippen LogP contribution in [0.4, 0.5) is 11.4 Å². The predicted octanol–water partition coefficient (Wildman–Crippen LogP) is 3.37. The van der Waals surface area contributed by atoms with Gasteiger partial charge in [-0.1, -0.05) is 12.1 Å². The third kappa shape index (κ3) is 2.68. The van der Waals surface area contributed by atoms with Gasteiger partial charge in [0.05, 0.1) is 6.04 Å². The van der Waals surface area contributed by atoms with Crippen LogP contribution in [0.5, 0.6) is 5.75 Å². The van der Waals surface area contributed by atoms with E-state index in [0.717, 1.165) is 38.6 Å². The summed E-state index contributed by atoms with van der Waals surface area (Å²) < 4.78 is 0. The number of nitrogens with zero attached hydrogens (tertiary/aromatic N) is 3. The van der Waals surface area contributed by atoms with Crippen LogP contribution in [0.15, 0.2) is 47.5 Å². The summed E-state index contributed by atoms with van der Waals surface area (Å²) in [7, 11) is 0. The summed E-state index contributed by atoms with van der Waals surface area (Å²) >= 11 is 0. The number of aryl methyl sites for hydroxylation is 1. The molecule has 1 unspecified atom stereocenters. The molecule has 2 aromatic rings. The number of aliphatic imine (C=N–C) groups is 1. The smallest absolute Gasteiger partial charge is 0.199 e. The van der Waals surface area contributed by atoms with E-state index < -0.39 is 0 Å². The Labute approximate surface area is 154 Å². The van der Waals surface area contributed by atoms with Crippen molar-refractivity contribution in [1.82, 2.24) is 4.90 Å². The van der Waals surface area contributed by atoms with Crippen molar-refractivity contribution in [2.45, 2.75) is 25.3 Å². The number of hydrogen-bond donors (Lipinski definition) is 2. The summed E-state index contributed by atoms with van der Waals surface area (Å²) in [4.78, 5) is 9.81. The van der Waals surface area contributed by atoms with Crippen LogP contribution < -0.4 is 10.2 Å². The molecule has 5 rings (SSSR count). The highest BCUT2D eigenvalue weighted by molar-refractivity contribution is 5.96. The fraction of sp³-hybridized carbons (Fsp3) is 0.381. The van der Waals surface area contributed by atoms with Gasteiger partial charge in [0.15, 0.2) is 5.96 Å². The Hall–Kier alpha value is -2.69. The zero-order chi connectivity index (χ0) is 17.5. The Morgan fingerprint density at radius 1 is 0.962 bits per heavy atom. The van der Waals surface area contributed by atoms with E-state index in [2.05, 4.69) is 33.3 Å². The summed E-state index contributed by atoms with van der Waals surface area (Å²) in [5, 5.41) is 13.1. The van der Waals surface area contributed by atoms with Gasteiger partial charge in [0.2, 0.25) is 0 Å². The summed E-state index contributed by atoms with van der Waals surface area (Å²) in [6.45, 7) is 3.83. The number of guanidine groups is 1. The minimum absolute atomic E-state index is 0.318. The summed E-state index contributed by atoms with van der Waals surface area (Å²) in [6, 6.07) is 14.4. The Morgan fingerprint density at radius 3 is 2.54 bits per heavy atom. The molecule has 1 fully saturated rings. The second-order valence-electron chi connectivity index (χ2n) is 7.35. The molecule has 0 radical (unpaired) electrons. The number of rotatable bonds is 1. The molecule has 0 aromatic heterocycles. The van der Waals surface area contributed by atoms with Crippen LogP contribution in [0.25, 0.3) is 0 Å². The van der Waals surface area contributed by atoms with Crippen molar-refractivity contribution in [3.8, 4) is 5.75 Å². The molecular weight excluding hydrogens is 324 g/mol. The average Bonchev–Trinajstić information content (AvgIpc) is 2.69. The second kappa shape index (κ2) is 6.24. The lowest BCUT2D eigenvalue weighted by Crippen LogP contribution is -2.51. The first-order chi connectivity index (χ1) is 12.8. The van der Waals surface area contributed by atoms with E-state index in [1.807, 2.05) is 12.1 Å². The number of benzene rings is 2. The van der Waals surface area contributed by atoms with Gasteiger partial charge in [-0.3, -0.25) is 0 Å². The molecule has 3 aliphatic rings. The van der Waals surface area contributed by atoms with Crippen molar-refractivity contribution in [1.29, 1.82) is 0 Å². The van der Waals surface area contributed by atoms with Gasteiger partial charge in [-0.2, -0.15) is 0 Å². The van der Waals surface area contributed by atoms with Gasteiger partial charge in [-0.25, -0.2) is 4.99 Å². The van der Waals surface area contributed by atoms with E-state index in [9.17, 15) is 5.11 Å². The molecule has 2 N–H and O–H groups in total. The van der Waals surface area contributed by atoms with E-state index in [0.29, 0.717) is 11.8 Å². The molecule has 1 saturated heterocycles. The molecule has 0 bridgehead atoms. The highest BCUT2D eigenvalue weighted by atomic mass is 16.3. The number of phenols is 1. The van der Waals surface area contributed by atoms with Crippen molar-refractivity contribution >= 4 is 17.3 Å². The van der Waals surface area contributed by atoms with Gasteiger partial charge in [0.25, 0.3) is 0 Å². The number of aromatic hydroxyl groups is 1. The summed E-state index contributed by atoms with van der Waals surface area (Å²) in [5.74, 6) is 1.35. The monoisotopic (exact) mass is 348 g/mol. The molecule has 0 spiro atoms. The first kappa shape index (κ1) is 15.6. The highest BCUT2D eigenvalue weighted by Crippen LogP contribution is 2.40. The van der Waals surface area contributed by atoms with Crippen molar-refractivity contribution < 1.29 is 5.11 Å². The lowest BCUT2D eigenvalue weighted by molar-refractivity contribution is 0.379. The maximum atomic E-state index is 9.47. The van der Waals surface area contributed by atoms with Gasteiger partial charge in [0.1, 0.15) is 5.75 Å². The van der Waals surface area contributed by atoms with Gasteiger partial charge in [-0.15, -0.1) is 0 Å². The van der Waals surface area contributed by atoms with Crippen LogP contribution >= 0.6 is 0 Å². The molecule has 2 aromatic carbocycles. The normalized spacial score (nSPS) is 21.7. The zero-order valence-corrected chi connectivity index (χ0v) is 14.9. The number of nitrogens with one attached hydrogen (secondary N) is 1. The van der Waals surface area contributed by atoms with Crippen LogP contribution in [0.3, 0.4) is 0 Å². The van der Waals surface area contributed by atoms with Crippen molar-refractivity contribution in [2.75, 3.05) is 36.4 Å². The molecule has 134 valence electrons. The molecule has 0 saturated carbocycles. The molecule has 26 heavy (non-hydrogen) atoms. The van der Waals surface area contributed by atoms with Crippen LogP contribution in [0.1, 0.15) is 30.0 Å². The standard InChI is InChI=1S/C21H24N4O/c26-17-9-7-16(8-10-17)24-11-13-25(14-12-24)21-22-18-5-1-3-15-4-2-6-19(23-21)20(15)18/h1,3,5,7-10,19,26H,2,4,6,11-14H2,(H,22,23). The molecule has 5 heteroatoms. The first-order valence-electron chi connectivity index (χ1n) is 9.53. The minimum Gasteiger partial charge on any atom is -0.508 e. The zero-order valence-electron chi connectivity index (χ0n) is 14.9. The van der Waals surface area contributed by atoms with Crippen LogP contribution in [0.2, 0.25) is 0 Å². The van der Waals surface area contributed by atoms with Gasteiger partial charge in [-0.05, 0) is 55.2 Å². The second-order valence-corrected chi connectivity index (χ2v) is 7.35.